The molecule has 0 aromatic heterocycles. The van der Waals surface area contributed by atoms with E-state index in [2.05, 4.69) is 11.3 Å². The van der Waals surface area contributed by atoms with Gasteiger partial charge in [-0.3, -0.25) is 0 Å². The number of amides is 2. The van der Waals surface area contributed by atoms with Gasteiger partial charge in [-0.1, -0.05) is 6.58 Å². The maximum Gasteiger partial charge on any atom is 0.420 e. The average Bonchev–Trinajstić information content (AvgIpc) is 2.62. The van der Waals surface area contributed by atoms with Crippen LogP contribution in [0.5, 0.6) is 0 Å². The smallest absolute Gasteiger partial charge is 0.420 e. The summed E-state index contributed by atoms with van der Waals surface area (Å²) in [6.07, 6.45) is -1.62. The minimum absolute atomic E-state index is 0.601. The normalized spacial score (nSPS) is 22.7. The van der Waals surface area contributed by atoms with Gasteiger partial charge in [-0.2, -0.15) is 4.90 Å². The molecule has 19 heavy (non-hydrogen) atoms. The molecule has 106 valence electrons. The highest BCUT2D eigenvalue weighted by molar-refractivity contribution is 5.96. The molecule has 1 fully saturated rings. The van der Waals surface area contributed by atoms with E-state index in [4.69, 9.17) is 9.47 Å². The molecular weight excluding hydrogens is 254 g/mol. The van der Waals surface area contributed by atoms with E-state index in [0.29, 0.717) is 4.90 Å². The van der Waals surface area contributed by atoms with Gasteiger partial charge in [-0.15, -0.1) is 0 Å². The molecule has 0 radical (unpaired) electrons. The number of imide groups is 1. The molecule has 0 unspecified atom stereocenters. The predicted octanol–water partition coefficient (Wildman–Crippen LogP) is 1.47. The van der Waals surface area contributed by atoms with Crippen LogP contribution in [0.1, 0.15) is 20.8 Å². The molecule has 1 saturated heterocycles. The van der Waals surface area contributed by atoms with Crippen molar-refractivity contribution < 1.29 is 28.6 Å². The third kappa shape index (κ3) is 3.24. The third-order valence-electron chi connectivity index (χ3n) is 2.29. The average molecular weight is 271 g/mol. The maximum absolute atomic E-state index is 11.9. The number of hydrogen-bond acceptors (Lipinski definition) is 6. The Morgan fingerprint density at radius 3 is 2.42 bits per heavy atom. The fraction of sp³-hybridized carbons (Fsp3) is 0.583. The summed E-state index contributed by atoms with van der Waals surface area (Å²) in [5.41, 5.74) is -0.801. The molecule has 0 aromatic carbocycles. The Morgan fingerprint density at radius 1 is 1.42 bits per heavy atom. The summed E-state index contributed by atoms with van der Waals surface area (Å²) < 4.78 is 14.5. The topological polar surface area (TPSA) is 82.1 Å². The van der Waals surface area contributed by atoms with E-state index in [1.165, 1.54) is 6.08 Å². The van der Waals surface area contributed by atoms with Crippen LogP contribution in [0.25, 0.3) is 0 Å². The Morgan fingerprint density at radius 2 is 2.00 bits per heavy atom. The monoisotopic (exact) mass is 271 g/mol. The second-order valence-electron chi connectivity index (χ2n) is 4.90. The number of ether oxygens (including phenoxy) is 3. The van der Waals surface area contributed by atoms with Crippen molar-refractivity contribution in [2.45, 2.75) is 38.5 Å². The van der Waals surface area contributed by atoms with E-state index < -0.39 is 35.9 Å². The van der Waals surface area contributed by atoms with E-state index in [1.54, 1.807) is 20.8 Å². The number of carbonyl (C=O) groups is 3. The van der Waals surface area contributed by atoms with Gasteiger partial charge in [0.1, 0.15) is 5.60 Å². The van der Waals surface area contributed by atoms with Gasteiger partial charge >= 0.3 is 18.2 Å². The standard InChI is InChI=1S/C12H17NO6/c1-6-7-8(9(14)17-5)13(10(15)18-7)11(16)19-12(2,3)4/h6-8H,1H2,2-5H3/t7-,8-/m0/s1. The Hall–Kier alpha value is -2.05. The van der Waals surface area contributed by atoms with Gasteiger partial charge in [0.25, 0.3) is 0 Å². The minimum atomic E-state index is -1.22. The molecule has 7 nitrogen and oxygen atoms in total. The van der Waals surface area contributed by atoms with Crippen molar-refractivity contribution in [3.05, 3.63) is 12.7 Å². The molecule has 0 bridgehead atoms. The number of carbonyl (C=O) groups excluding carboxylic acids is 3. The van der Waals surface area contributed by atoms with Crippen molar-refractivity contribution in [3.8, 4) is 0 Å². The van der Waals surface area contributed by atoms with Gasteiger partial charge in [-0.05, 0) is 26.8 Å². The molecule has 1 aliphatic rings. The molecule has 2 atom stereocenters. The first kappa shape index (κ1) is 15.0. The zero-order chi connectivity index (χ0) is 14.8. The van der Waals surface area contributed by atoms with Gasteiger partial charge in [-0.25, -0.2) is 14.4 Å². The summed E-state index contributed by atoms with van der Waals surface area (Å²) in [5.74, 6) is -0.776. The van der Waals surface area contributed by atoms with Gasteiger partial charge < -0.3 is 14.2 Å². The Kier molecular flexibility index (Phi) is 4.18. The van der Waals surface area contributed by atoms with E-state index in [9.17, 15) is 14.4 Å². The zero-order valence-electron chi connectivity index (χ0n) is 11.3. The Balaban J connectivity index is 3.01. The van der Waals surface area contributed by atoms with Gasteiger partial charge in [0.2, 0.25) is 0 Å². The Bertz CT molecular complexity index is 411. The quantitative estimate of drug-likeness (QED) is 0.429. The highest BCUT2D eigenvalue weighted by Crippen LogP contribution is 2.24. The van der Waals surface area contributed by atoms with Crippen LogP contribution in [0.2, 0.25) is 0 Å². The number of hydrogen-bond donors (Lipinski definition) is 0. The molecule has 0 spiro atoms. The number of esters is 1. The van der Waals surface area contributed by atoms with E-state index >= 15 is 0 Å². The molecular formula is C12H17NO6. The van der Waals surface area contributed by atoms with Crippen LogP contribution in [0, 0.1) is 0 Å². The highest BCUT2D eigenvalue weighted by Gasteiger charge is 2.50. The zero-order valence-corrected chi connectivity index (χ0v) is 11.3. The fourth-order valence-electron chi connectivity index (χ4n) is 1.53. The molecule has 0 saturated carbocycles. The third-order valence-corrected chi connectivity index (χ3v) is 2.29. The van der Waals surface area contributed by atoms with Crippen LogP contribution in [-0.2, 0) is 19.0 Å². The second-order valence-corrected chi connectivity index (χ2v) is 4.90. The van der Waals surface area contributed by atoms with E-state index in [-0.39, 0.29) is 0 Å². The van der Waals surface area contributed by atoms with Crippen molar-refractivity contribution in [1.82, 2.24) is 4.90 Å². The highest BCUT2D eigenvalue weighted by atomic mass is 16.6. The van der Waals surface area contributed by atoms with Crippen molar-refractivity contribution in [2.75, 3.05) is 7.11 Å². The van der Waals surface area contributed by atoms with Crippen LogP contribution >= 0.6 is 0 Å². The van der Waals surface area contributed by atoms with E-state index in [0.717, 1.165) is 7.11 Å². The summed E-state index contributed by atoms with van der Waals surface area (Å²) in [7, 11) is 1.15. The van der Waals surface area contributed by atoms with Crippen molar-refractivity contribution >= 4 is 18.2 Å². The molecule has 2 amide bonds. The summed E-state index contributed by atoms with van der Waals surface area (Å²) in [5, 5.41) is 0. The van der Waals surface area contributed by atoms with Gasteiger partial charge in [0, 0.05) is 0 Å². The van der Waals surface area contributed by atoms with Crippen LogP contribution in [0.15, 0.2) is 12.7 Å². The molecule has 1 aliphatic heterocycles. The van der Waals surface area contributed by atoms with Crippen molar-refractivity contribution in [2.24, 2.45) is 0 Å². The molecule has 1 rings (SSSR count). The number of cyclic esters (lactones) is 1. The lowest BCUT2D eigenvalue weighted by atomic mass is 10.1. The molecule has 1 heterocycles. The first-order valence-electron chi connectivity index (χ1n) is 5.64. The largest absolute Gasteiger partial charge is 0.467 e. The summed E-state index contributed by atoms with van der Waals surface area (Å²) in [4.78, 5) is 35.8. The van der Waals surface area contributed by atoms with Crippen molar-refractivity contribution in [1.29, 1.82) is 0 Å². The molecule has 0 aromatic rings. The molecule has 7 heteroatoms. The van der Waals surface area contributed by atoms with E-state index in [1.807, 2.05) is 0 Å². The number of nitrogens with zero attached hydrogens (tertiary/aromatic N) is 1. The van der Waals surface area contributed by atoms with Crippen LogP contribution < -0.4 is 0 Å². The number of methoxy groups -OCH3 is 1. The first-order chi connectivity index (χ1) is 8.71. The van der Waals surface area contributed by atoms with Crippen LogP contribution in [0.4, 0.5) is 9.59 Å². The van der Waals surface area contributed by atoms with Crippen molar-refractivity contribution in [3.63, 3.8) is 0 Å². The lowest BCUT2D eigenvalue weighted by Crippen LogP contribution is -2.48. The van der Waals surface area contributed by atoms with Gasteiger partial charge in [0.05, 0.1) is 7.11 Å². The molecule has 0 aliphatic carbocycles. The maximum atomic E-state index is 11.9. The summed E-state index contributed by atoms with van der Waals surface area (Å²) in [6.45, 7) is 8.38. The Labute approximate surface area is 111 Å². The SMILES string of the molecule is C=C[C@@H]1OC(=O)N(C(=O)OC(C)(C)C)[C@@H]1C(=O)OC. The minimum Gasteiger partial charge on any atom is -0.467 e. The van der Waals surface area contributed by atoms with Gasteiger partial charge in [0.15, 0.2) is 12.1 Å². The summed E-state index contributed by atoms with van der Waals surface area (Å²) in [6, 6.07) is -1.22. The second kappa shape index (κ2) is 5.29. The van der Waals surface area contributed by atoms with Crippen LogP contribution in [0.3, 0.4) is 0 Å². The predicted molar refractivity (Wildman–Crippen MR) is 64.3 cm³/mol. The number of rotatable bonds is 2. The molecule has 0 N–H and O–H groups in total. The lowest BCUT2D eigenvalue weighted by molar-refractivity contribution is -0.145. The lowest BCUT2D eigenvalue weighted by Gasteiger charge is -2.24. The summed E-state index contributed by atoms with van der Waals surface area (Å²) >= 11 is 0. The fourth-order valence-corrected chi connectivity index (χ4v) is 1.53. The first-order valence-corrected chi connectivity index (χ1v) is 5.64. The van der Waals surface area contributed by atoms with Crippen LogP contribution in [-0.4, -0.2) is 47.9 Å².